The highest BCUT2D eigenvalue weighted by molar-refractivity contribution is 9.10. The Balaban J connectivity index is 2.51. The molecule has 2 rings (SSSR count). The zero-order chi connectivity index (χ0) is 15.8. The minimum absolute atomic E-state index is 0.0170. The summed E-state index contributed by atoms with van der Waals surface area (Å²) in [5, 5.41) is 9.09. The van der Waals surface area contributed by atoms with E-state index in [0.29, 0.717) is 16.6 Å². The first-order valence-electron chi connectivity index (χ1n) is 6.38. The fourth-order valence-electron chi connectivity index (χ4n) is 2.19. The average Bonchev–Trinajstić information content (AvgIpc) is 2.41. The molecule has 1 heterocycles. The number of morpholine rings is 1. The largest absolute Gasteiger partial charge is 0.478 e. The van der Waals surface area contributed by atoms with Crippen molar-refractivity contribution in [2.24, 2.45) is 0 Å². The van der Waals surface area contributed by atoms with Crippen LogP contribution in [-0.2, 0) is 14.8 Å². The van der Waals surface area contributed by atoms with Crippen LogP contribution in [0.4, 0.5) is 0 Å². The minimum atomic E-state index is -3.74. The lowest BCUT2D eigenvalue weighted by Crippen LogP contribution is -2.44. The van der Waals surface area contributed by atoms with Crippen LogP contribution in [0.15, 0.2) is 21.5 Å². The molecule has 0 aromatic heterocycles. The Morgan fingerprint density at radius 2 is 2.14 bits per heavy atom. The summed E-state index contributed by atoms with van der Waals surface area (Å²) in [5.41, 5.74) is 0.437. The molecule has 0 amide bonds. The molecule has 116 valence electrons. The molecule has 1 aromatic carbocycles. The third-order valence-electron chi connectivity index (χ3n) is 3.37. The fourth-order valence-corrected chi connectivity index (χ4v) is 4.55. The highest BCUT2D eigenvalue weighted by Gasteiger charge is 2.31. The van der Waals surface area contributed by atoms with Crippen LogP contribution >= 0.6 is 15.9 Å². The maximum Gasteiger partial charge on any atom is 0.335 e. The van der Waals surface area contributed by atoms with E-state index in [9.17, 15) is 13.2 Å². The predicted molar refractivity (Wildman–Crippen MR) is 80.0 cm³/mol. The van der Waals surface area contributed by atoms with E-state index in [-0.39, 0.29) is 29.7 Å². The molecule has 1 fully saturated rings. The van der Waals surface area contributed by atoms with E-state index >= 15 is 0 Å². The first kappa shape index (κ1) is 16.4. The molecule has 0 radical (unpaired) electrons. The first-order chi connectivity index (χ1) is 9.73. The third kappa shape index (κ3) is 3.28. The Hall–Kier alpha value is -0.960. The molecule has 1 atom stereocenters. The van der Waals surface area contributed by atoms with Crippen molar-refractivity contribution < 1.29 is 23.1 Å². The summed E-state index contributed by atoms with van der Waals surface area (Å²) < 4.78 is 32.6. The molecule has 0 bridgehead atoms. The average molecular weight is 378 g/mol. The van der Waals surface area contributed by atoms with Gasteiger partial charge >= 0.3 is 5.97 Å². The SMILES string of the molecule is Cc1c(Br)cc(C(=O)O)cc1S(=O)(=O)N1CCOC(C)C1. The molecule has 0 spiro atoms. The minimum Gasteiger partial charge on any atom is -0.478 e. The first-order valence-corrected chi connectivity index (χ1v) is 8.62. The number of aromatic carboxylic acids is 1. The summed E-state index contributed by atoms with van der Waals surface area (Å²) in [6, 6.07) is 2.61. The van der Waals surface area contributed by atoms with Gasteiger partial charge in [-0.1, -0.05) is 15.9 Å². The number of halogens is 1. The van der Waals surface area contributed by atoms with Crippen LogP contribution < -0.4 is 0 Å². The molecule has 8 heteroatoms. The van der Waals surface area contributed by atoms with Gasteiger partial charge in [0.25, 0.3) is 0 Å². The van der Waals surface area contributed by atoms with Crippen LogP contribution in [-0.4, -0.2) is 49.6 Å². The lowest BCUT2D eigenvalue weighted by atomic mass is 10.1. The lowest BCUT2D eigenvalue weighted by molar-refractivity contribution is 0.0101. The van der Waals surface area contributed by atoms with E-state index in [2.05, 4.69) is 15.9 Å². The van der Waals surface area contributed by atoms with Crippen LogP contribution in [0.3, 0.4) is 0 Å². The van der Waals surface area contributed by atoms with E-state index in [1.54, 1.807) is 13.8 Å². The second kappa shape index (κ2) is 6.04. The predicted octanol–water partition coefficient (Wildman–Crippen LogP) is 1.87. The van der Waals surface area contributed by atoms with Crippen molar-refractivity contribution in [1.29, 1.82) is 0 Å². The van der Waals surface area contributed by atoms with Gasteiger partial charge in [-0.05, 0) is 31.5 Å². The van der Waals surface area contributed by atoms with Crippen LogP contribution in [0.5, 0.6) is 0 Å². The standard InChI is InChI=1S/C13H16BrNO5S/c1-8-7-15(3-4-20-8)21(18,19)12-6-10(13(16)17)5-11(14)9(12)2/h5-6,8H,3-4,7H2,1-2H3,(H,16,17). The van der Waals surface area contributed by atoms with Gasteiger partial charge in [-0.3, -0.25) is 0 Å². The lowest BCUT2D eigenvalue weighted by Gasteiger charge is -2.30. The second-order valence-electron chi connectivity index (χ2n) is 4.93. The number of hydrogen-bond acceptors (Lipinski definition) is 4. The number of benzene rings is 1. The molecular formula is C13H16BrNO5S. The summed E-state index contributed by atoms with van der Waals surface area (Å²) in [4.78, 5) is 11.1. The van der Waals surface area contributed by atoms with Crippen molar-refractivity contribution in [2.75, 3.05) is 19.7 Å². The van der Waals surface area contributed by atoms with Gasteiger partial charge in [0.05, 0.1) is 23.2 Å². The van der Waals surface area contributed by atoms with E-state index in [0.717, 1.165) is 0 Å². The summed E-state index contributed by atoms with van der Waals surface area (Å²) >= 11 is 3.22. The zero-order valence-corrected chi connectivity index (χ0v) is 14.1. The fraction of sp³-hybridized carbons (Fsp3) is 0.462. The maximum atomic E-state index is 12.7. The number of hydrogen-bond donors (Lipinski definition) is 1. The monoisotopic (exact) mass is 377 g/mol. The quantitative estimate of drug-likeness (QED) is 0.868. The van der Waals surface area contributed by atoms with Gasteiger partial charge in [-0.2, -0.15) is 4.31 Å². The number of carbonyl (C=O) groups is 1. The Morgan fingerprint density at radius 1 is 1.48 bits per heavy atom. The smallest absolute Gasteiger partial charge is 0.335 e. The number of carboxylic acid groups (broad SMARTS) is 1. The normalized spacial score (nSPS) is 20.4. The topological polar surface area (TPSA) is 83.9 Å². The zero-order valence-electron chi connectivity index (χ0n) is 11.7. The molecule has 1 aliphatic heterocycles. The summed E-state index contributed by atoms with van der Waals surface area (Å²) in [6.45, 7) is 4.31. The number of rotatable bonds is 3. The second-order valence-corrected chi connectivity index (χ2v) is 7.69. The molecule has 1 unspecified atom stereocenters. The number of nitrogens with zero attached hydrogens (tertiary/aromatic N) is 1. The van der Waals surface area contributed by atoms with Crippen LogP contribution in [0, 0.1) is 6.92 Å². The van der Waals surface area contributed by atoms with Crippen molar-refractivity contribution in [3.05, 3.63) is 27.7 Å². The molecule has 6 nitrogen and oxygen atoms in total. The van der Waals surface area contributed by atoms with Gasteiger partial charge in [0.1, 0.15) is 0 Å². The summed E-state index contributed by atoms with van der Waals surface area (Å²) in [7, 11) is -3.74. The molecule has 1 aliphatic rings. The Bertz CT molecular complexity index is 673. The Labute approximate surface area is 131 Å². The molecular weight excluding hydrogens is 362 g/mol. The number of sulfonamides is 1. The summed E-state index contributed by atoms with van der Waals surface area (Å²) in [6.07, 6.45) is -0.181. The van der Waals surface area contributed by atoms with Gasteiger partial charge in [-0.25, -0.2) is 13.2 Å². The molecule has 0 aliphatic carbocycles. The molecule has 0 saturated carbocycles. The maximum absolute atomic E-state index is 12.7. The van der Waals surface area contributed by atoms with Gasteiger partial charge in [0, 0.05) is 17.6 Å². The van der Waals surface area contributed by atoms with E-state index in [1.165, 1.54) is 16.4 Å². The van der Waals surface area contributed by atoms with Crippen LogP contribution in [0.25, 0.3) is 0 Å². The van der Waals surface area contributed by atoms with E-state index < -0.39 is 16.0 Å². The van der Waals surface area contributed by atoms with Crippen LogP contribution in [0.2, 0.25) is 0 Å². The highest BCUT2D eigenvalue weighted by Crippen LogP contribution is 2.29. The van der Waals surface area contributed by atoms with Gasteiger partial charge in [-0.15, -0.1) is 0 Å². The van der Waals surface area contributed by atoms with Gasteiger partial charge in [0.2, 0.25) is 10.0 Å². The van der Waals surface area contributed by atoms with Crippen molar-refractivity contribution in [1.82, 2.24) is 4.31 Å². The highest BCUT2D eigenvalue weighted by atomic mass is 79.9. The van der Waals surface area contributed by atoms with Crippen molar-refractivity contribution in [3.63, 3.8) is 0 Å². The van der Waals surface area contributed by atoms with Gasteiger partial charge in [0.15, 0.2) is 0 Å². The van der Waals surface area contributed by atoms with E-state index in [4.69, 9.17) is 9.84 Å². The summed E-state index contributed by atoms with van der Waals surface area (Å²) in [5.74, 6) is -1.16. The Morgan fingerprint density at radius 3 is 2.71 bits per heavy atom. The molecule has 21 heavy (non-hydrogen) atoms. The molecule has 1 N–H and O–H groups in total. The molecule has 1 aromatic rings. The van der Waals surface area contributed by atoms with Crippen LogP contribution in [0.1, 0.15) is 22.8 Å². The van der Waals surface area contributed by atoms with Gasteiger partial charge < -0.3 is 9.84 Å². The van der Waals surface area contributed by atoms with E-state index in [1.807, 2.05) is 0 Å². The van der Waals surface area contributed by atoms with Crippen molar-refractivity contribution >= 4 is 31.9 Å². The van der Waals surface area contributed by atoms with Crippen molar-refractivity contribution in [2.45, 2.75) is 24.8 Å². The third-order valence-corrected chi connectivity index (χ3v) is 6.18. The Kier molecular flexibility index (Phi) is 4.72. The molecule has 1 saturated heterocycles. The van der Waals surface area contributed by atoms with Crippen molar-refractivity contribution in [3.8, 4) is 0 Å². The number of carboxylic acids is 1. The number of ether oxygens (including phenoxy) is 1.